The van der Waals surface area contributed by atoms with Crippen molar-refractivity contribution in [3.05, 3.63) is 18.0 Å². The minimum Gasteiger partial charge on any atom is -0.458 e. The van der Waals surface area contributed by atoms with E-state index in [-0.39, 0.29) is 12.2 Å². The van der Waals surface area contributed by atoms with Crippen LogP contribution in [-0.4, -0.2) is 53.8 Å². The fourth-order valence-corrected chi connectivity index (χ4v) is 9.96. The first-order chi connectivity index (χ1) is 14.8. The molecule has 0 aliphatic carbocycles. The first kappa shape index (κ1) is 26.2. The number of hydrogen-bond donors (Lipinski definition) is 0. The quantitative estimate of drug-likeness (QED) is 0.410. The highest BCUT2D eigenvalue weighted by Crippen LogP contribution is 2.40. The Hall–Kier alpha value is -2.07. The maximum absolute atomic E-state index is 12.4. The van der Waals surface area contributed by atoms with Crippen LogP contribution in [0.4, 0.5) is 4.79 Å². The van der Waals surface area contributed by atoms with Crippen LogP contribution < -0.4 is 4.74 Å². The molecule has 0 bridgehead atoms. The van der Waals surface area contributed by atoms with Gasteiger partial charge in [-0.1, -0.05) is 47.5 Å². The number of aromatic nitrogens is 2. The Morgan fingerprint density at radius 2 is 1.78 bits per heavy atom. The number of rotatable bonds is 5. The Morgan fingerprint density at radius 1 is 1.16 bits per heavy atom. The van der Waals surface area contributed by atoms with Gasteiger partial charge >= 0.3 is 12.1 Å². The van der Waals surface area contributed by atoms with Gasteiger partial charge in [-0.05, 0) is 56.3 Å². The molecule has 0 saturated carbocycles. The molecule has 0 N–H and O–H groups in total. The summed E-state index contributed by atoms with van der Waals surface area (Å²) in [6.45, 7) is 20.6. The topological polar surface area (TPSA) is 64.5 Å². The lowest BCUT2D eigenvalue weighted by Crippen LogP contribution is -2.46. The van der Waals surface area contributed by atoms with Crippen molar-refractivity contribution in [1.29, 1.82) is 0 Å². The molecule has 0 spiro atoms. The van der Waals surface area contributed by atoms with Gasteiger partial charge in [0.25, 0.3) is 0 Å². The Kier molecular flexibility index (Phi) is 8.75. The lowest BCUT2D eigenvalue weighted by molar-refractivity contribution is 0.00659. The molecule has 1 aromatic rings. The molecule has 2 heterocycles. The number of carbonyl (C=O) groups excluding carboxylic acids is 1. The molecule has 1 saturated heterocycles. The fraction of sp³-hybridized carbons (Fsp3) is 0.720. The number of amides is 1. The van der Waals surface area contributed by atoms with Crippen LogP contribution in [-0.2, 0) is 4.74 Å². The van der Waals surface area contributed by atoms with Crippen LogP contribution in [0.5, 0.6) is 6.01 Å². The van der Waals surface area contributed by atoms with Crippen molar-refractivity contribution < 1.29 is 14.3 Å². The van der Waals surface area contributed by atoms with Crippen molar-refractivity contribution in [1.82, 2.24) is 14.9 Å². The molecule has 0 unspecified atom stereocenters. The van der Waals surface area contributed by atoms with Crippen LogP contribution in [0.15, 0.2) is 12.3 Å². The fourth-order valence-electron chi connectivity index (χ4n) is 4.75. The van der Waals surface area contributed by atoms with E-state index in [1.54, 1.807) is 11.1 Å². The van der Waals surface area contributed by atoms with Gasteiger partial charge in [0.15, 0.2) is 0 Å². The molecule has 6 nitrogen and oxygen atoms in total. The molecule has 2 rings (SSSR count). The summed E-state index contributed by atoms with van der Waals surface area (Å²) in [7, 11) is -1.83. The second-order valence-electron chi connectivity index (χ2n) is 10.7. The van der Waals surface area contributed by atoms with E-state index in [1.807, 2.05) is 26.8 Å². The second kappa shape index (κ2) is 10.7. The van der Waals surface area contributed by atoms with Crippen LogP contribution in [0.1, 0.15) is 80.8 Å². The zero-order chi connectivity index (χ0) is 24.1. The smallest absolute Gasteiger partial charge is 0.410 e. The normalized spacial score (nSPS) is 17.4. The van der Waals surface area contributed by atoms with E-state index >= 15 is 0 Å². The monoisotopic (exact) mass is 459 g/mol. The Morgan fingerprint density at radius 3 is 2.34 bits per heavy atom. The van der Waals surface area contributed by atoms with E-state index in [2.05, 4.69) is 63.0 Å². The van der Waals surface area contributed by atoms with E-state index in [4.69, 9.17) is 9.47 Å². The van der Waals surface area contributed by atoms with E-state index in [1.165, 1.54) is 0 Å². The van der Waals surface area contributed by atoms with Crippen molar-refractivity contribution in [3.63, 3.8) is 0 Å². The highest BCUT2D eigenvalue weighted by molar-refractivity contribution is 6.90. The van der Waals surface area contributed by atoms with Gasteiger partial charge in [0.05, 0.1) is 6.54 Å². The minimum atomic E-state index is -1.83. The Labute approximate surface area is 195 Å². The van der Waals surface area contributed by atoms with Gasteiger partial charge < -0.3 is 14.4 Å². The second-order valence-corrected chi connectivity index (χ2v) is 16.3. The average molecular weight is 460 g/mol. The van der Waals surface area contributed by atoms with Crippen LogP contribution in [0.25, 0.3) is 0 Å². The minimum absolute atomic E-state index is 0.157. The number of likely N-dealkylation sites (tertiary alicyclic amines) is 1. The molecule has 178 valence electrons. The zero-order valence-electron chi connectivity index (χ0n) is 21.4. The van der Waals surface area contributed by atoms with E-state index in [9.17, 15) is 4.79 Å². The van der Waals surface area contributed by atoms with Crippen LogP contribution >= 0.6 is 0 Å². The summed E-state index contributed by atoms with van der Waals surface area (Å²) in [5.41, 5.74) is 5.56. The van der Waals surface area contributed by atoms with Crippen LogP contribution in [0.3, 0.4) is 0 Å². The molecule has 1 amide bonds. The largest absolute Gasteiger partial charge is 0.458 e. The summed E-state index contributed by atoms with van der Waals surface area (Å²) in [5.74, 6) is 3.36. The van der Waals surface area contributed by atoms with E-state index < -0.39 is 13.7 Å². The number of hydrogen-bond acceptors (Lipinski definition) is 5. The van der Waals surface area contributed by atoms with Crippen LogP contribution in [0, 0.1) is 11.5 Å². The molecule has 7 heteroatoms. The molecule has 1 atom stereocenters. The number of ether oxygens (including phenoxy) is 2. The average Bonchev–Trinajstić information content (AvgIpc) is 2.67. The van der Waals surface area contributed by atoms with E-state index in [0.29, 0.717) is 41.4 Å². The summed E-state index contributed by atoms with van der Waals surface area (Å²) >= 11 is 0. The van der Waals surface area contributed by atoms with Gasteiger partial charge in [0.1, 0.15) is 25.5 Å². The highest BCUT2D eigenvalue weighted by atomic mass is 28.3. The molecule has 0 aromatic carbocycles. The number of nitrogens with zero attached hydrogens (tertiary/aromatic N) is 3. The maximum atomic E-state index is 12.4. The zero-order valence-corrected chi connectivity index (χ0v) is 22.4. The summed E-state index contributed by atoms with van der Waals surface area (Å²) in [5, 5.41) is 0. The molecule has 1 aliphatic heterocycles. The predicted octanol–water partition coefficient (Wildman–Crippen LogP) is 5.82. The first-order valence-electron chi connectivity index (χ1n) is 11.9. The lowest BCUT2D eigenvalue weighted by atomic mass is 10.1. The van der Waals surface area contributed by atoms with Gasteiger partial charge in [-0.15, -0.1) is 5.54 Å². The molecule has 1 aromatic heterocycles. The maximum Gasteiger partial charge on any atom is 0.410 e. The Bertz CT molecular complexity index is 815. The van der Waals surface area contributed by atoms with Crippen molar-refractivity contribution in [2.45, 2.75) is 103 Å². The summed E-state index contributed by atoms with van der Waals surface area (Å²) in [6, 6.07) is 2.16. The summed E-state index contributed by atoms with van der Waals surface area (Å²) in [4.78, 5) is 23.0. The molecule has 32 heavy (non-hydrogen) atoms. The van der Waals surface area contributed by atoms with Gasteiger partial charge in [-0.25, -0.2) is 9.78 Å². The predicted molar refractivity (Wildman–Crippen MR) is 131 cm³/mol. The number of carbonyl (C=O) groups is 1. The third-order valence-corrected chi connectivity index (χ3v) is 12.5. The third kappa shape index (κ3) is 6.71. The standard InChI is InChI=1S/C25H41N3O3Si/c1-18(2)32(19(3)4,20(5)6)16-13-21-12-14-26-23(27-21)30-22-11-10-15-28(17-22)24(29)31-25(7,8)9/h12,14,18-20,22H,10-11,15,17H2,1-9H3/t22-/m1/s1. The molecule has 0 radical (unpaired) electrons. The summed E-state index contributed by atoms with van der Waals surface area (Å²) < 4.78 is 11.6. The molecule has 1 fully saturated rings. The van der Waals surface area contributed by atoms with Gasteiger partial charge in [0, 0.05) is 12.7 Å². The summed E-state index contributed by atoms with van der Waals surface area (Å²) in [6.07, 6.45) is 2.94. The molecular weight excluding hydrogens is 418 g/mol. The molecule has 1 aliphatic rings. The van der Waals surface area contributed by atoms with Crippen molar-refractivity contribution >= 4 is 14.2 Å². The van der Waals surface area contributed by atoms with Crippen molar-refractivity contribution in [3.8, 4) is 17.5 Å². The lowest BCUT2D eigenvalue weighted by Gasteiger charge is -2.38. The van der Waals surface area contributed by atoms with Gasteiger partial charge in [-0.3, -0.25) is 0 Å². The van der Waals surface area contributed by atoms with Crippen molar-refractivity contribution in [2.75, 3.05) is 13.1 Å². The van der Waals surface area contributed by atoms with E-state index in [0.717, 1.165) is 12.8 Å². The third-order valence-electron chi connectivity index (χ3n) is 6.21. The van der Waals surface area contributed by atoms with Gasteiger partial charge in [0.2, 0.25) is 0 Å². The number of piperidine rings is 1. The van der Waals surface area contributed by atoms with Gasteiger partial charge in [-0.2, -0.15) is 4.98 Å². The van der Waals surface area contributed by atoms with Crippen molar-refractivity contribution in [2.24, 2.45) is 0 Å². The first-order valence-corrected chi connectivity index (χ1v) is 14.1. The van der Waals surface area contributed by atoms with Crippen LogP contribution in [0.2, 0.25) is 16.6 Å². The molecular formula is C25H41N3O3Si. The highest BCUT2D eigenvalue weighted by Gasteiger charge is 2.41. The Balaban J connectivity index is 2.14. The SMILES string of the molecule is CC(C)[Si](C#Cc1ccnc(O[C@@H]2CCCN(C(=O)OC(C)(C)C)C2)n1)(C(C)C)C(C)C.